The number of rotatable bonds is 3. The monoisotopic (exact) mass is 155 g/mol. The van der Waals surface area contributed by atoms with Gasteiger partial charge < -0.3 is 10.5 Å². The van der Waals surface area contributed by atoms with Crippen LogP contribution in [0.5, 0.6) is 0 Å². The van der Waals surface area contributed by atoms with E-state index in [1.54, 1.807) is 0 Å². The first kappa shape index (κ1) is 8.75. The summed E-state index contributed by atoms with van der Waals surface area (Å²) < 4.78 is 5.26. The molecule has 0 aromatic rings. The second kappa shape index (κ2) is 4.52. The van der Waals surface area contributed by atoms with Gasteiger partial charge in [0.05, 0.1) is 6.61 Å². The van der Waals surface area contributed by atoms with Crippen molar-refractivity contribution in [3.05, 3.63) is 11.6 Å². The quantitative estimate of drug-likeness (QED) is 0.624. The summed E-state index contributed by atoms with van der Waals surface area (Å²) in [7, 11) is 0. The average Bonchev–Trinajstić information content (AvgIpc) is 2.52. The molecule has 1 rings (SSSR count). The smallest absolute Gasteiger partial charge is 0.0529 e. The SMILES string of the molecule is CC/C(=C\C1CCOC1)CN. The summed E-state index contributed by atoms with van der Waals surface area (Å²) >= 11 is 0. The fourth-order valence-corrected chi connectivity index (χ4v) is 1.35. The second-order valence-corrected chi connectivity index (χ2v) is 3.01. The molecule has 1 aliphatic heterocycles. The molecule has 11 heavy (non-hydrogen) atoms. The van der Waals surface area contributed by atoms with Crippen molar-refractivity contribution in [2.45, 2.75) is 19.8 Å². The highest BCUT2D eigenvalue weighted by Gasteiger charge is 2.12. The highest BCUT2D eigenvalue weighted by atomic mass is 16.5. The first-order valence-corrected chi connectivity index (χ1v) is 4.34. The standard InChI is InChI=1S/C9H17NO/c1-2-8(6-10)5-9-3-4-11-7-9/h5,9H,2-4,6-7,10H2,1H3/b8-5+. The van der Waals surface area contributed by atoms with E-state index >= 15 is 0 Å². The zero-order valence-corrected chi connectivity index (χ0v) is 7.18. The highest BCUT2D eigenvalue weighted by molar-refractivity contribution is 5.05. The van der Waals surface area contributed by atoms with Gasteiger partial charge in [-0.1, -0.05) is 18.6 Å². The molecule has 0 bridgehead atoms. The van der Waals surface area contributed by atoms with E-state index in [1.165, 1.54) is 12.0 Å². The van der Waals surface area contributed by atoms with Crippen LogP contribution >= 0.6 is 0 Å². The van der Waals surface area contributed by atoms with Gasteiger partial charge in [-0.15, -0.1) is 0 Å². The fraction of sp³-hybridized carbons (Fsp3) is 0.778. The van der Waals surface area contributed by atoms with E-state index in [2.05, 4.69) is 13.0 Å². The molecule has 2 N–H and O–H groups in total. The van der Waals surface area contributed by atoms with E-state index in [9.17, 15) is 0 Å². The van der Waals surface area contributed by atoms with Crippen molar-refractivity contribution >= 4 is 0 Å². The third-order valence-corrected chi connectivity index (χ3v) is 2.15. The molecule has 0 aliphatic carbocycles. The lowest BCUT2D eigenvalue weighted by atomic mass is 10.0. The van der Waals surface area contributed by atoms with Gasteiger partial charge >= 0.3 is 0 Å². The van der Waals surface area contributed by atoms with Gasteiger partial charge in [0.25, 0.3) is 0 Å². The molecule has 2 heteroatoms. The Hall–Kier alpha value is -0.340. The zero-order chi connectivity index (χ0) is 8.10. The highest BCUT2D eigenvalue weighted by Crippen LogP contribution is 2.16. The molecular weight excluding hydrogens is 138 g/mol. The summed E-state index contributed by atoms with van der Waals surface area (Å²) in [5, 5.41) is 0. The van der Waals surface area contributed by atoms with Crippen molar-refractivity contribution < 1.29 is 4.74 Å². The Balaban J connectivity index is 2.40. The molecule has 2 nitrogen and oxygen atoms in total. The molecule has 1 aliphatic rings. The maximum atomic E-state index is 5.55. The van der Waals surface area contributed by atoms with Crippen LogP contribution in [-0.2, 0) is 4.74 Å². The fourth-order valence-electron chi connectivity index (χ4n) is 1.35. The van der Waals surface area contributed by atoms with Gasteiger partial charge in [0.15, 0.2) is 0 Å². The average molecular weight is 155 g/mol. The van der Waals surface area contributed by atoms with Crippen LogP contribution in [-0.4, -0.2) is 19.8 Å². The molecule has 64 valence electrons. The van der Waals surface area contributed by atoms with Crippen LogP contribution in [0.15, 0.2) is 11.6 Å². The normalized spacial score (nSPS) is 26.0. The lowest BCUT2D eigenvalue weighted by molar-refractivity contribution is 0.191. The van der Waals surface area contributed by atoms with Crippen LogP contribution in [0, 0.1) is 5.92 Å². The topological polar surface area (TPSA) is 35.2 Å². The van der Waals surface area contributed by atoms with Gasteiger partial charge in [0, 0.05) is 19.1 Å². The van der Waals surface area contributed by atoms with Gasteiger partial charge in [-0.3, -0.25) is 0 Å². The number of nitrogens with two attached hydrogens (primary N) is 1. The minimum Gasteiger partial charge on any atom is -0.381 e. The second-order valence-electron chi connectivity index (χ2n) is 3.01. The molecule has 0 saturated carbocycles. The minimum atomic E-state index is 0.633. The molecule has 1 atom stereocenters. The minimum absolute atomic E-state index is 0.633. The lowest BCUT2D eigenvalue weighted by Crippen LogP contribution is -2.05. The predicted octanol–water partition coefficient (Wildman–Crippen LogP) is 1.32. The summed E-state index contributed by atoms with van der Waals surface area (Å²) in [6.45, 7) is 4.66. The van der Waals surface area contributed by atoms with E-state index in [4.69, 9.17) is 10.5 Å². The van der Waals surface area contributed by atoms with E-state index in [0.717, 1.165) is 19.6 Å². The molecule has 1 heterocycles. The third kappa shape index (κ3) is 2.64. The molecule has 0 radical (unpaired) electrons. The van der Waals surface area contributed by atoms with Crippen LogP contribution in [0.4, 0.5) is 0 Å². The first-order valence-electron chi connectivity index (χ1n) is 4.34. The van der Waals surface area contributed by atoms with E-state index in [1.807, 2.05) is 0 Å². The third-order valence-electron chi connectivity index (χ3n) is 2.15. The van der Waals surface area contributed by atoms with Crippen LogP contribution in [0.1, 0.15) is 19.8 Å². The van der Waals surface area contributed by atoms with Gasteiger partial charge in [-0.25, -0.2) is 0 Å². The van der Waals surface area contributed by atoms with Gasteiger partial charge in [0.1, 0.15) is 0 Å². The van der Waals surface area contributed by atoms with Crippen LogP contribution < -0.4 is 5.73 Å². The van der Waals surface area contributed by atoms with Gasteiger partial charge in [0.2, 0.25) is 0 Å². The summed E-state index contributed by atoms with van der Waals surface area (Å²) in [6, 6.07) is 0. The van der Waals surface area contributed by atoms with E-state index < -0.39 is 0 Å². The number of hydrogen-bond donors (Lipinski definition) is 1. The van der Waals surface area contributed by atoms with Crippen molar-refractivity contribution in [3.63, 3.8) is 0 Å². The van der Waals surface area contributed by atoms with Crippen molar-refractivity contribution in [2.75, 3.05) is 19.8 Å². The lowest BCUT2D eigenvalue weighted by Gasteiger charge is -2.04. The molecule has 0 aromatic heterocycles. The molecule has 0 spiro atoms. The van der Waals surface area contributed by atoms with E-state index in [-0.39, 0.29) is 0 Å². The largest absolute Gasteiger partial charge is 0.381 e. The molecule has 1 unspecified atom stereocenters. The van der Waals surface area contributed by atoms with Gasteiger partial charge in [-0.2, -0.15) is 0 Å². The Morgan fingerprint density at radius 2 is 2.55 bits per heavy atom. The molecule has 1 fully saturated rings. The van der Waals surface area contributed by atoms with Crippen LogP contribution in [0.25, 0.3) is 0 Å². The molecule has 0 amide bonds. The van der Waals surface area contributed by atoms with Crippen molar-refractivity contribution in [3.8, 4) is 0 Å². The first-order chi connectivity index (χ1) is 5.36. The Kier molecular flexibility index (Phi) is 3.60. The Bertz CT molecular complexity index is 130. The summed E-state index contributed by atoms with van der Waals surface area (Å²) in [5.74, 6) is 0.633. The molecule has 0 aromatic carbocycles. The Morgan fingerprint density at radius 1 is 1.73 bits per heavy atom. The Labute approximate surface area is 68.4 Å². The summed E-state index contributed by atoms with van der Waals surface area (Å²) in [5.41, 5.74) is 6.91. The maximum Gasteiger partial charge on any atom is 0.0529 e. The molecular formula is C9H17NO. The molecule has 1 saturated heterocycles. The van der Waals surface area contributed by atoms with Crippen molar-refractivity contribution in [1.82, 2.24) is 0 Å². The van der Waals surface area contributed by atoms with E-state index in [0.29, 0.717) is 12.5 Å². The van der Waals surface area contributed by atoms with Crippen LogP contribution in [0.2, 0.25) is 0 Å². The number of hydrogen-bond acceptors (Lipinski definition) is 2. The van der Waals surface area contributed by atoms with Crippen molar-refractivity contribution in [2.24, 2.45) is 11.7 Å². The summed E-state index contributed by atoms with van der Waals surface area (Å²) in [4.78, 5) is 0. The van der Waals surface area contributed by atoms with Gasteiger partial charge in [-0.05, 0) is 12.8 Å². The zero-order valence-electron chi connectivity index (χ0n) is 7.18. The van der Waals surface area contributed by atoms with Crippen molar-refractivity contribution in [1.29, 1.82) is 0 Å². The van der Waals surface area contributed by atoms with Crippen LogP contribution in [0.3, 0.4) is 0 Å². The Morgan fingerprint density at radius 3 is 3.00 bits per heavy atom. The number of ether oxygens (including phenoxy) is 1. The summed E-state index contributed by atoms with van der Waals surface area (Å²) in [6.07, 6.45) is 4.53. The maximum absolute atomic E-state index is 5.55. The predicted molar refractivity (Wildman–Crippen MR) is 46.4 cm³/mol.